The molecule has 1 fully saturated rings. The van der Waals surface area contributed by atoms with Crippen molar-refractivity contribution in [3.05, 3.63) is 27.3 Å². The summed E-state index contributed by atoms with van der Waals surface area (Å²) in [5.74, 6) is 1.34. The van der Waals surface area contributed by atoms with Gasteiger partial charge in [-0.15, -0.1) is 11.6 Å². The predicted octanol–water partition coefficient (Wildman–Crippen LogP) is 4.85. The zero-order valence-corrected chi connectivity index (χ0v) is 15.6. The van der Waals surface area contributed by atoms with Crippen molar-refractivity contribution >= 4 is 57.0 Å². The van der Waals surface area contributed by atoms with Crippen molar-refractivity contribution < 1.29 is 4.39 Å². The summed E-state index contributed by atoms with van der Waals surface area (Å²) >= 11 is 9.85. The number of benzene rings is 1. The van der Waals surface area contributed by atoms with Crippen LogP contribution in [0.25, 0.3) is 11.0 Å². The lowest BCUT2D eigenvalue weighted by molar-refractivity contribution is 0.321. The van der Waals surface area contributed by atoms with Crippen molar-refractivity contribution in [1.29, 1.82) is 0 Å². The van der Waals surface area contributed by atoms with Crippen molar-refractivity contribution in [3.8, 4) is 0 Å². The van der Waals surface area contributed by atoms with Crippen LogP contribution in [0.1, 0.15) is 25.1 Å². The van der Waals surface area contributed by atoms with Gasteiger partial charge >= 0.3 is 0 Å². The Morgan fingerprint density at radius 1 is 1.48 bits per heavy atom. The van der Waals surface area contributed by atoms with Gasteiger partial charge < -0.3 is 4.57 Å². The van der Waals surface area contributed by atoms with E-state index in [1.807, 2.05) is 40.4 Å². The Hall–Kier alpha value is -0.0100. The summed E-state index contributed by atoms with van der Waals surface area (Å²) in [6.45, 7) is 0.900. The zero-order valence-electron chi connectivity index (χ0n) is 11.8. The van der Waals surface area contributed by atoms with Gasteiger partial charge in [-0.25, -0.2) is 9.37 Å². The van der Waals surface area contributed by atoms with E-state index < -0.39 is 0 Å². The first-order valence-corrected chi connectivity index (χ1v) is 9.88. The Morgan fingerprint density at radius 2 is 2.24 bits per heavy atom. The fraction of sp³-hybridized carbons (Fsp3) is 0.533. The molecule has 21 heavy (non-hydrogen) atoms. The average Bonchev–Trinajstić information content (AvgIpc) is 2.72. The standard InChI is InChI=1S/C15H17ClFIN2S/c1-21-15(4-2-5-15)9-20-13-7-10(17)11(18)8-12(13)19-14(20)3-6-16/h7-8H,2-6,9H2,1H3. The van der Waals surface area contributed by atoms with Crippen LogP contribution >= 0.6 is 46.0 Å². The second kappa shape index (κ2) is 6.24. The number of rotatable bonds is 5. The molecule has 1 saturated carbocycles. The summed E-state index contributed by atoms with van der Waals surface area (Å²) < 4.78 is 17.0. The van der Waals surface area contributed by atoms with Crippen LogP contribution in [0, 0.1) is 9.39 Å². The number of nitrogens with zero attached hydrogens (tertiary/aromatic N) is 2. The molecule has 1 heterocycles. The number of imidazole rings is 1. The number of hydrogen-bond acceptors (Lipinski definition) is 2. The van der Waals surface area contributed by atoms with E-state index in [1.54, 1.807) is 6.07 Å². The Labute approximate surface area is 147 Å². The molecule has 0 unspecified atom stereocenters. The van der Waals surface area contributed by atoms with Gasteiger partial charge in [0, 0.05) is 29.7 Å². The molecule has 114 valence electrons. The van der Waals surface area contributed by atoms with Crippen LogP contribution in [-0.4, -0.2) is 26.4 Å². The lowest BCUT2D eigenvalue weighted by atomic mass is 9.84. The SMILES string of the molecule is CSC1(Cn2c(CCCl)nc3cc(I)c(F)cc32)CCC1. The Bertz CT molecular complexity index is 664. The van der Waals surface area contributed by atoms with E-state index in [0.29, 0.717) is 9.45 Å². The molecule has 0 spiro atoms. The van der Waals surface area contributed by atoms with E-state index in [2.05, 4.69) is 15.8 Å². The maximum absolute atomic E-state index is 14.0. The lowest BCUT2D eigenvalue weighted by Crippen LogP contribution is -2.38. The monoisotopic (exact) mass is 438 g/mol. The lowest BCUT2D eigenvalue weighted by Gasteiger charge is -2.41. The van der Waals surface area contributed by atoms with Crippen LogP contribution in [0.3, 0.4) is 0 Å². The van der Waals surface area contributed by atoms with Gasteiger partial charge in [0.1, 0.15) is 11.6 Å². The molecular formula is C15H17ClFIN2S. The molecule has 0 radical (unpaired) electrons. The number of fused-ring (bicyclic) bond motifs is 1. The number of aryl methyl sites for hydroxylation is 1. The zero-order chi connectivity index (χ0) is 15.0. The number of aromatic nitrogens is 2. The van der Waals surface area contributed by atoms with Crippen LogP contribution in [0.4, 0.5) is 4.39 Å². The predicted molar refractivity (Wildman–Crippen MR) is 96.9 cm³/mol. The van der Waals surface area contributed by atoms with Crippen molar-refractivity contribution in [2.75, 3.05) is 12.1 Å². The van der Waals surface area contributed by atoms with Gasteiger partial charge in [0.2, 0.25) is 0 Å². The number of halogens is 3. The van der Waals surface area contributed by atoms with Gasteiger partial charge in [0.05, 0.1) is 14.6 Å². The van der Waals surface area contributed by atoms with Gasteiger partial charge in [-0.05, 0) is 47.8 Å². The molecule has 2 aromatic rings. The van der Waals surface area contributed by atoms with Crippen LogP contribution in [0.5, 0.6) is 0 Å². The fourth-order valence-corrected chi connectivity index (χ4v) is 4.48. The van der Waals surface area contributed by atoms with Crippen LogP contribution in [0.2, 0.25) is 0 Å². The highest BCUT2D eigenvalue weighted by Gasteiger charge is 2.37. The minimum Gasteiger partial charge on any atom is -0.326 e. The molecule has 0 amide bonds. The van der Waals surface area contributed by atoms with Crippen LogP contribution in [0.15, 0.2) is 12.1 Å². The molecule has 6 heteroatoms. The molecule has 1 aliphatic rings. The first kappa shape index (κ1) is 15.9. The van der Waals surface area contributed by atoms with Crippen LogP contribution < -0.4 is 0 Å². The van der Waals surface area contributed by atoms with Crippen molar-refractivity contribution in [2.45, 2.75) is 37.0 Å². The summed E-state index contributed by atoms with van der Waals surface area (Å²) in [7, 11) is 0. The molecule has 1 aromatic carbocycles. The van der Waals surface area contributed by atoms with Gasteiger partial charge in [-0.2, -0.15) is 11.8 Å². The molecule has 0 saturated heterocycles. The molecule has 0 N–H and O–H groups in total. The normalized spacial score (nSPS) is 17.1. The maximum Gasteiger partial charge on any atom is 0.138 e. The minimum atomic E-state index is -0.173. The van der Waals surface area contributed by atoms with Crippen molar-refractivity contribution in [1.82, 2.24) is 9.55 Å². The molecule has 1 aliphatic carbocycles. The molecule has 0 bridgehead atoms. The highest BCUT2D eigenvalue weighted by molar-refractivity contribution is 14.1. The maximum atomic E-state index is 14.0. The van der Waals surface area contributed by atoms with E-state index in [4.69, 9.17) is 11.6 Å². The molecule has 2 nitrogen and oxygen atoms in total. The van der Waals surface area contributed by atoms with Gasteiger partial charge in [0.15, 0.2) is 0 Å². The van der Waals surface area contributed by atoms with Gasteiger partial charge in [-0.3, -0.25) is 0 Å². The Balaban J connectivity index is 2.09. The quantitative estimate of drug-likeness (QED) is 0.491. The third-order valence-electron chi connectivity index (χ3n) is 4.33. The molecular weight excluding hydrogens is 422 g/mol. The van der Waals surface area contributed by atoms with Gasteiger partial charge in [0.25, 0.3) is 0 Å². The second-order valence-corrected chi connectivity index (χ2v) is 8.36. The second-order valence-electron chi connectivity index (χ2n) is 5.55. The molecule has 0 aliphatic heterocycles. The topological polar surface area (TPSA) is 17.8 Å². The third kappa shape index (κ3) is 2.93. The van der Waals surface area contributed by atoms with Crippen molar-refractivity contribution in [2.24, 2.45) is 0 Å². The highest BCUT2D eigenvalue weighted by Crippen LogP contribution is 2.44. The smallest absolute Gasteiger partial charge is 0.138 e. The summed E-state index contributed by atoms with van der Waals surface area (Å²) in [5, 5.41) is 0. The average molecular weight is 439 g/mol. The van der Waals surface area contributed by atoms with Crippen molar-refractivity contribution in [3.63, 3.8) is 0 Å². The summed E-state index contributed by atoms with van der Waals surface area (Å²) in [6.07, 6.45) is 6.62. The van der Waals surface area contributed by atoms with E-state index in [1.165, 1.54) is 19.3 Å². The fourth-order valence-electron chi connectivity index (χ4n) is 2.91. The van der Waals surface area contributed by atoms with Gasteiger partial charge in [-0.1, -0.05) is 6.42 Å². The summed E-state index contributed by atoms with van der Waals surface area (Å²) in [6, 6.07) is 3.44. The number of thioether (sulfide) groups is 1. The largest absolute Gasteiger partial charge is 0.326 e. The van der Waals surface area contributed by atoms with E-state index in [-0.39, 0.29) is 10.6 Å². The minimum absolute atomic E-state index is 0.173. The first-order valence-electron chi connectivity index (χ1n) is 7.04. The van der Waals surface area contributed by atoms with E-state index in [0.717, 1.165) is 29.8 Å². The first-order chi connectivity index (χ1) is 10.1. The van der Waals surface area contributed by atoms with E-state index >= 15 is 0 Å². The number of hydrogen-bond donors (Lipinski definition) is 0. The molecule has 0 atom stereocenters. The number of alkyl halides is 1. The Kier molecular flexibility index (Phi) is 4.72. The third-order valence-corrected chi connectivity index (χ3v) is 6.75. The summed E-state index contributed by atoms with van der Waals surface area (Å²) in [4.78, 5) is 4.68. The van der Waals surface area contributed by atoms with E-state index in [9.17, 15) is 4.39 Å². The van der Waals surface area contributed by atoms with Crippen LogP contribution in [-0.2, 0) is 13.0 Å². The Morgan fingerprint density at radius 3 is 2.81 bits per heavy atom. The summed E-state index contributed by atoms with van der Waals surface area (Å²) in [5.41, 5.74) is 1.77. The highest BCUT2D eigenvalue weighted by atomic mass is 127. The molecule has 1 aromatic heterocycles. The molecule has 3 rings (SSSR count).